The van der Waals surface area contributed by atoms with E-state index in [2.05, 4.69) is 30.4 Å². The fourth-order valence-electron chi connectivity index (χ4n) is 2.95. The molecule has 0 aliphatic carbocycles. The first-order valence-corrected chi connectivity index (χ1v) is 11.6. The van der Waals surface area contributed by atoms with E-state index in [-0.39, 0.29) is 17.1 Å². The molecule has 0 aliphatic rings. The van der Waals surface area contributed by atoms with Crippen LogP contribution < -0.4 is 0 Å². The van der Waals surface area contributed by atoms with E-state index in [1.165, 1.54) is 0 Å². The maximum Gasteiger partial charge on any atom is 2.00 e. The molecule has 0 N–H and O–H groups in total. The second-order valence-corrected chi connectivity index (χ2v) is 7.50. The van der Waals surface area contributed by atoms with Crippen molar-refractivity contribution in [3.8, 4) is 23.3 Å². The van der Waals surface area contributed by atoms with Gasteiger partial charge in [0.15, 0.2) is 23.3 Å². The molecule has 0 aliphatic heterocycles. The molecule has 0 saturated heterocycles. The minimum atomic E-state index is -6.00. The zero-order valence-electron chi connectivity index (χ0n) is 21.4. The Labute approximate surface area is 248 Å². The second kappa shape index (κ2) is 16.0. The number of rotatable bonds is 4. The number of hydrogen-bond donors (Lipinski definition) is 0. The minimum Gasteiger partial charge on any atom is -0.418 e. The third kappa shape index (κ3) is 13.2. The van der Waals surface area contributed by atoms with E-state index in [4.69, 9.17) is 0 Å². The van der Waals surface area contributed by atoms with Crippen LogP contribution in [0.4, 0.5) is 34.5 Å². The molecule has 43 heavy (non-hydrogen) atoms. The smallest absolute Gasteiger partial charge is 0.418 e. The van der Waals surface area contributed by atoms with Crippen LogP contribution in [0.3, 0.4) is 0 Å². The number of hydrogen-bond acceptors (Lipinski definition) is 6. The molecular formula is C22H18B2F8FeN10. The molecule has 21 heteroatoms. The Bertz CT molecular complexity index is 1350. The van der Waals surface area contributed by atoms with Gasteiger partial charge in [0, 0.05) is 49.6 Å². The van der Waals surface area contributed by atoms with E-state index in [0.29, 0.717) is 0 Å². The largest absolute Gasteiger partial charge is 2.00 e. The molecule has 6 aromatic heterocycles. The second-order valence-electron chi connectivity index (χ2n) is 7.50. The summed E-state index contributed by atoms with van der Waals surface area (Å²) in [6.45, 7) is 0. The van der Waals surface area contributed by atoms with Crippen molar-refractivity contribution in [2.45, 2.75) is 0 Å². The van der Waals surface area contributed by atoms with E-state index < -0.39 is 14.5 Å². The summed E-state index contributed by atoms with van der Waals surface area (Å²) in [6, 6.07) is 18.9. The monoisotopic (exact) mass is 652 g/mol. The maximum absolute atomic E-state index is 9.75. The number of pyridine rings is 2. The van der Waals surface area contributed by atoms with E-state index in [1.807, 2.05) is 85.5 Å². The normalized spacial score (nSPS) is 10.6. The molecule has 6 aromatic rings. The van der Waals surface area contributed by atoms with Crippen molar-refractivity contribution < 1.29 is 51.6 Å². The molecule has 0 spiro atoms. The number of halogens is 8. The summed E-state index contributed by atoms with van der Waals surface area (Å²) in [7, 11) is -12.0. The van der Waals surface area contributed by atoms with Crippen molar-refractivity contribution in [3.05, 3.63) is 110 Å². The van der Waals surface area contributed by atoms with Crippen LogP contribution in [0.25, 0.3) is 23.3 Å². The summed E-state index contributed by atoms with van der Waals surface area (Å²) < 4.78 is 84.9. The van der Waals surface area contributed by atoms with Gasteiger partial charge in [0.05, 0.1) is 0 Å². The van der Waals surface area contributed by atoms with Crippen LogP contribution in [0.5, 0.6) is 0 Å². The number of aromatic nitrogens is 10. The zero-order valence-corrected chi connectivity index (χ0v) is 22.5. The molecular weight excluding hydrogens is 634 g/mol. The molecule has 0 unspecified atom stereocenters. The van der Waals surface area contributed by atoms with Crippen LogP contribution in [0.1, 0.15) is 0 Å². The van der Waals surface area contributed by atoms with Crippen molar-refractivity contribution in [2.75, 3.05) is 0 Å². The first-order valence-electron chi connectivity index (χ1n) is 11.6. The van der Waals surface area contributed by atoms with Crippen LogP contribution in [0.2, 0.25) is 0 Å². The Morgan fingerprint density at radius 2 is 0.605 bits per heavy atom. The van der Waals surface area contributed by atoms with E-state index in [0.717, 1.165) is 23.3 Å². The summed E-state index contributed by atoms with van der Waals surface area (Å²) in [5.41, 5.74) is 0. The van der Waals surface area contributed by atoms with Gasteiger partial charge in [-0.05, 0) is 48.5 Å². The van der Waals surface area contributed by atoms with E-state index >= 15 is 0 Å². The van der Waals surface area contributed by atoms with Gasteiger partial charge in [-0.3, -0.25) is 0 Å². The van der Waals surface area contributed by atoms with Crippen molar-refractivity contribution in [2.24, 2.45) is 0 Å². The molecule has 0 bridgehead atoms. The summed E-state index contributed by atoms with van der Waals surface area (Å²) in [6.07, 6.45) is 14.3. The summed E-state index contributed by atoms with van der Waals surface area (Å²) in [4.78, 5) is 8.92. The Hall–Kier alpha value is -4.77. The van der Waals surface area contributed by atoms with Gasteiger partial charge in [0.2, 0.25) is 0 Å². The molecule has 0 saturated carbocycles. The van der Waals surface area contributed by atoms with Crippen LogP contribution in [-0.4, -0.2) is 63.6 Å². The van der Waals surface area contributed by atoms with Crippen molar-refractivity contribution in [1.29, 1.82) is 0 Å². The first-order chi connectivity index (χ1) is 19.9. The molecule has 0 fully saturated rings. The first kappa shape index (κ1) is 34.4. The minimum absolute atomic E-state index is 0. The maximum atomic E-state index is 9.75. The fraction of sp³-hybridized carbons (Fsp3) is 0. The number of nitrogens with zero attached hydrogens (tertiary/aromatic N) is 10. The van der Waals surface area contributed by atoms with Crippen molar-refractivity contribution in [3.63, 3.8) is 0 Å². The third-order valence-corrected chi connectivity index (χ3v) is 4.40. The van der Waals surface area contributed by atoms with Crippen molar-refractivity contribution >= 4 is 14.5 Å². The van der Waals surface area contributed by atoms with Gasteiger partial charge in [-0.1, -0.05) is 12.1 Å². The quantitative estimate of drug-likeness (QED) is 0.184. The summed E-state index contributed by atoms with van der Waals surface area (Å²) >= 11 is 0. The van der Waals surface area contributed by atoms with Crippen LogP contribution in [0.15, 0.2) is 110 Å². The Kier molecular flexibility index (Phi) is 12.8. The molecule has 0 atom stereocenters. The molecule has 6 heterocycles. The van der Waals surface area contributed by atoms with Crippen LogP contribution >= 0.6 is 0 Å². The standard InChI is InChI=1S/2C11H9N5.2BF4.Fe/c2*1-4-10(15-8-2-6-12-15)14-11(5-1)16-9-3-7-13-16;2*2-1(3,4)5;/h2*1-9H;;;/q;;2*-1;+2. The SMILES string of the molecule is F[B-](F)(F)F.F[B-](F)(F)F.[Fe+2].c1cc(-n2cccn2)nc(-n2cccn2)c1.c1cc(-n2cccn2)nc(-n2cccn2)c1. The van der Waals surface area contributed by atoms with Crippen LogP contribution in [0, 0.1) is 0 Å². The molecule has 0 aromatic carbocycles. The van der Waals surface area contributed by atoms with Gasteiger partial charge in [-0.2, -0.15) is 20.4 Å². The predicted octanol–water partition coefficient (Wildman–Crippen LogP) is 5.50. The molecule has 226 valence electrons. The van der Waals surface area contributed by atoms with Crippen LogP contribution in [-0.2, 0) is 17.1 Å². The third-order valence-electron chi connectivity index (χ3n) is 4.40. The van der Waals surface area contributed by atoms with Gasteiger partial charge in [0.25, 0.3) is 0 Å². The Morgan fingerprint density at radius 3 is 0.767 bits per heavy atom. The topological polar surface area (TPSA) is 97.1 Å². The Morgan fingerprint density at radius 1 is 0.395 bits per heavy atom. The predicted molar refractivity (Wildman–Crippen MR) is 137 cm³/mol. The fourth-order valence-corrected chi connectivity index (χ4v) is 2.95. The van der Waals surface area contributed by atoms with Gasteiger partial charge in [-0.15, -0.1) is 0 Å². The average Bonchev–Trinajstić information content (AvgIpc) is 3.76. The zero-order chi connectivity index (χ0) is 30.6. The molecule has 0 radical (unpaired) electrons. The molecule has 6 rings (SSSR count). The summed E-state index contributed by atoms with van der Waals surface area (Å²) in [5.74, 6) is 3.10. The summed E-state index contributed by atoms with van der Waals surface area (Å²) in [5, 5.41) is 16.5. The van der Waals surface area contributed by atoms with Gasteiger partial charge < -0.3 is 34.5 Å². The van der Waals surface area contributed by atoms with Gasteiger partial charge >= 0.3 is 31.6 Å². The average molecular weight is 652 g/mol. The van der Waals surface area contributed by atoms with E-state index in [9.17, 15) is 34.5 Å². The van der Waals surface area contributed by atoms with E-state index in [1.54, 1.807) is 43.5 Å². The van der Waals surface area contributed by atoms with Gasteiger partial charge in [0.1, 0.15) is 0 Å². The van der Waals surface area contributed by atoms with Crippen molar-refractivity contribution in [1.82, 2.24) is 49.1 Å². The Balaban J connectivity index is 0.000000226. The molecule has 0 amide bonds. The molecule has 10 nitrogen and oxygen atoms in total. The van der Waals surface area contributed by atoms with Gasteiger partial charge in [-0.25, -0.2) is 28.7 Å².